The number of nitriles is 1. The fourth-order valence-corrected chi connectivity index (χ4v) is 2.04. The minimum atomic E-state index is -0.318. The van der Waals surface area contributed by atoms with Crippen LogP contribution >= 0.6 is 0 Å². The van der Waals surface area contributed by atoms with Crippen molar-refractivity contribution in [2.75, 3.05) is 11.9 Å². The molecule has 0 aliphatic rings. The third kappa shape index (κ3) is 2.91. The van der Waals surface area contributed by atoms with Crippen LogP contribution in [0.4, 0.5) is 5.69 Å². The van der Waals surface area contributed by atoms with Crippen LogP contribution in [0.1, 0.15) is 10.6 Å². The number of ether oxygens (including phenoxy) is 1. The van der Waals surface area contributed by atoms with E-state index in [9.17, 15) is 4.79 Å². The topological polar surface area (TPSA) is 75.3 Å². The zero-order chi connectivity index (χ0) is 15.4. The summed E-state index contributed by atoms with van der Waals surface area (Å²) in [4.78, 5) is 12.2. The molecule has 0 saturated carbocycles. The maximum Gasteiger partial charge on any atom is 0.291 e. The Bertz CT molecular complexity index is 811. The van der Waals surface area contributed by atoms with Gasteiger partial charge < -0.3 is 14.5 Å². The summed E-state index contributed by atoms with van der Waals surface area (Å²) in [5.74, 6) is 0.510. The van der Waals surface area contributed by atoms with Crippen LogP contribution in [0.2, 0.25) is 0 Å². The monoisotopic (exact) mass is 292 g/mol. The van der Waals surface area contributed by atoms with Gasteiger partial charge in [-0.05, 0) is 36.4 Å². The molecule has 1 N–H and O–H groups in total. The predicted octanol–water partition coefficient (Wildman–Crippen LogP) is 3.59. The molecule has 0 atom stereocenters. The Kier molecular flexibility index (Phi) is 3.75. The quantitative estimate of drug-likeness (QED) is 0.797. The first-order valence-electron chi connectivity index (χ1n) is 6.66. The molecule has 0 aliphatic heterocycles. The molecule has 1 aromatic heterocycles. The first kappa shape index (κ1) is 13.7. The van der Waals surface area contributed by atoms with Crippen LogP contribution in [0.5, 0.6) is 5.75 Å². The van der Waals surface area contributed by atoms with Crippen molar-refractivity contribution < 1.29 is 13.9 Å². The van der Waals surface area contributed by atoms with E-state index in [1.165, 1.54) is 0 Å². The van der Waals surface area contributed by atoms with Crippen molar-refractivity contribution in [3.05, 3.63) is 60.4 Å². The second kappa shape index (κ2) is 6.02. The van der Waals surface area contributed by atoms with Gasteiger partial charge in [0.1, 0.15) is 17.4 Å². The van der Waals surface area contributed by atoms with E-state index in [4.69, 9.17) is 14.4 Å². The number of rotatable bonds is 4. The summed E-state index contributed by atoms with van der Waals surface area (Å²) in [6.45, 7) is -0.00924. The molecule has 0 spiro atoms. The Morgan fingerprint density at radius 1 is 1.18 bits per heavy atom. The van der Waals surface area contributed by atoms with Crippen molar-refractivity contribution in [1.29, 1.82) is 5.26 Å². The van der Waals surface area contributed by atoms with Crippen LogP contribution in [0.3, 0.4) is 0 Å². The molecule has 108 valence electrons. The number of para-hydroxylation sites is 1. The number of hydrogen-bond donors (Lipinski definition) is 1. The van der Waals surface area contributed by atoms with Gasteiger partial charge in [0, 0.05) is 11.1 Å². The van der Waals surface area contributed by atoms with E-state index in [-0.39, 0.29) is 18.3 Å². The number of benzene rings is 2. The van der Waals surface area contributed by atoms with Gasteiger partial charge >= 0.3 is 0 Å². The largest absolute Gasteiger partial charge is 0.479 e. The fourth-order valence-electron chi connectivity index (χ4n) is 2.04. The van der Waals surface area contributed by atoms with Crippen LogP contribution < -0.4 is 10.1 Å². The molecule has 0 unspecified atom stereocenters. The van der Waals surface area contributed by atoms with Crippen LogP contribution in [0.15, 0.2) is 59.0 Å². The number of nitrogens with one attached hydrogen (secondary N) is 1. The van der Waals surface area contributed by atoms with Gasteiger partial charge in [0.25, 0.3) is 5.91 Å². The highest BCUT2D eigenvalue weighted by Crippen LogP contribution is 2.21. The number of amides is 1. The first-order chi connectivity index (χ1) is 10.8. The van der Waals surface area contributed by atoms with Crippen LogP contribution in [0.25, 0.3) is 11.0 Å². The number of fused-ring (bicyclic) bond motifs is 1. The lowest BCUT2D eigenvalue weighted by Gasteiger charge is -2.05. The molecular formula is C17H12N2O3. The maximum atomic E-state index is 12.2. The Hall–Kier alpha value is -3.26. The van der Waals surface area contributed by atoms with E-state index in [2.05, 4.69) is 5.32 Å². The van der Waals surface area contributed by atoms with E-state index in [0.717, 1.165) is 5.39 Å². The Labute approximate surface area is 126 Å². The van der Waals surface area contributed by atoms with Gasteiger partial charge in [-0.2, -0.15) is 5.26 Å². The molecule has 0 aliphatic carbocycles. The molecular weight excluding hydrogens is 280 g/mol. The lowest BCUT2D eigenvalue weighted by Crippen LogP contribution is -2.10. The maximum absolute atomic E-state index is 12.2. The molecule has 3 rings (SSSR count). The van der Waals surface area contributed by atoms with Crippen molar-refractivity contribution in [3.8, 4) is 11.8 Å². The zero-order valence-electron chi connectivity index (χ0n) is 11.6. The summed E-state index contributed by atoms with van der Waals surface area (Å²) in [6, 6.07) is 17.8. The summed E-state index contributed by atoms with van der Waals surface area (Å²) < 4.78 is 10.7. The molecule has 0 bridgehead atoms. The Morgan fingerprint density at radius 3 is 2.68 bits per heavy atom. The van der Waals surface area contributed by atoms with Crippen molar-refractivity contribution in [2.24, 2.45) is 0 Å². The third-order valence-corrected chi connectivity index (χ3v) is 3.06. The number of carbonyl (C=O) groups excluding carboxylic acids is 1. The molecule has 22 heavy (non-hydrogen) atoms. The second-order valence-electron chi connectivity index (χ2n) is 4.57. The lowest BCUT2D eigenvalue weighted by atomic mass is 10.2. The zero-order valence-corrected chi connectivity index (χ0v) is 11.6. The minimum Gasteiger partial charge on any atom is -0.479 e. The summed E-state index contributed by atoms with van der Waals surface area (Å²) in [5, 5.41) is 12.1. The molecule has 5 nitrogen and oxygen atoms in total. The second-order valence-corrected chi connectivity index (χ2v) is 4.57. The van der Waals surface area contributed by atoms with E-state index in [1.807, 2.05) is 30.3 Å². The van der Waals surface area contributed by atoms with Gasteiger partial charge in [-0.15, -0.1) is 0 Å². The van der Waals surface area contributed by atoms with Gasteiger partial charge in [-0.1, -0.05) is 18.2 Å². The fraction of sp³-hybridized carbons (Fsp3) is 0.0588. The summed E-state index contributed by atoms with van der Waals surface area (Å²) in [6.07, 6.45) is 0. The number of furan rings is 1. The van der Waals surface area contributed by atoms with Crippen molar-refractivity contribution in [1.82, 2.24) is 0 Å². The highest BCUT2D eigenvalue weighted by Gasteiger charge is 2.12. The van der Waals surface area contributed by atoms with Gasteiger partial charge in [-0.25, -0.2) is 0 Å². The molecule has 2 aromatic carbocycles. The molecule has 0 fully saturated rings. The van der Waals surface area contributed by atoms with Crippen molar-refractivity contribution in [2.45, 2.75) is 0 Å². The average Bonchev–Trinajstić information content (AvgIpc) is 2.98. The number of anilines is 1. The van der Waals surface area contributed by atoms with Gasteiger partial charge in [0.15, 0.2) is 12.4 Å². The van der Waals surface area contributed by atoms with Crippen molar-refractivity contribution >= 4 is 22.6 Å². The van der Waals surface area contributed by atoms with E-state index < -0.39 is 0 Å². The number of carbonyl (C=O) groups is 1. The lowest BCUT2D eigenvalue weighted by molar-refractivity contribution is 0.0998. The molecule has 1 amide bonds. The third-order valence-electron chi connectivity index (χ3n) is 3.06. The van der Waals surface area contributed by atoms with E-state index in [1.54, 1.807) is 30.3 Å². The highest BCUT2D eigenvalue weighted by atomic mass is 16.5. The van der Waals surface area contributed by atoms with Crippen molar-refractivity contribution in [3.63, 3.8) is 0 Å². The van der Waals surface area contributed by atoms with Crippen LogP contribution in [0, 0.1) is 11.3 Å². The predicted molar refractivity (Wildman–Crippen MR) is 81.7 cm³/mol. The molecule has 1 heterocycles. The Morgan fingerprint density at radius 2 is 1.95 bits per heavy atom. The molecule has 0 saturated heterocycles. The van der Waals surface area contributed by atoms with Gasteiger partial charge in [-0.3, -0.25) is 4.79 Å². The summed E-state index contributed by atoms with van der Waals surface area (Å²) in [5.41, 5.74) is 1.29. The first-order valence-corrected chi connectivity index (χ1v) is 6.66. The molecule has 3 aromatic rings. The molecule has 5 heteroatoms. The summed E-state index contributed by atoms with van der Waals surface area (Å²) in [7, 11) is 0. The highest BCUT2D eigenvalue weighted by molar-refractivity contribution is 6.04. The minimum absolute atomic E-state index is 0.00924. The normalized spacial score (nSPS) is 10.1. The number of nitrogens with zero attached hydrogens (tertiary/aromatic N) is 1. The van der Waals surface area contributed by atoms with Crippen LogP contribution in [-0.2, 0) is 0 Å². The van der Waals surface area contributed by atoms with Crippen LogP contribution in [-0.4, -0.2) is 12.5 Å². The smallest absolute Gasteiger partial charge is 0.291 e. The SMILES string of the molecule is N#CCOc1ccc(NC(=O)c2cc3ccccc3o2)cc1. The standard InChI is InChI=1S/C17H12N2O3/c18-9-10-21-14-7-5-13(6-8-14)19-17(20)16-11-12-3-1-2-4-15(12)22-16/h1-8,11H,10H2,(H,19,20). The average molecular weight is 292 g/mol. The molecule has 0 radical (unpaired) electrons. The number of hydrogen-bond acceptors (Lipinski definition) is 4. The summed E-state index contributed by atoms with van der Waals surface area (Å²) >= 11 is 0. The Balaban J connectivity index is 1.72. The van der Waals surface area contributed by atoms with Gasteiger partial charge in [0.2, 0.25) is 0 Å². The van der Waals surface area contributed by atoms with E-state index in [0.29, 0.717) is 17.0 Å². The van der Waals surface area contributed by atoms with Gasteiger partial charge in [0.05, 0.1) is 0 Å². The van der Waals surface area contributed by atoms with E-state index >= 15 is 0 Å².